The standard InChI is InChI=1S/C19H24N2O5S/c1-27(23,24)10-8-14-3-2-9-25-18(14)13-26-17-6-4-15(5-7-17)19-20-11-16(22)12-21-19/h4-7,11-12,14,18,22H,2-3,8-10,13H2,1H3/t14?,18-/m1/s1. The Bertz CT molecular complexity index is 837. The summed E-state index contributed by atoms with van der Waals surface area (Å²) in [4.78, 5) is 8.15. The Labute approximate surface area is 159 Å². The lowest BCUT2D eigenvalue weighted by molar-refractivity contribution is -0.0500. The van der Waals surface area contributed by atoms with Gasteiger partial charge in [-0.2, -0.15) is 0 Å². The lowest BCUT2D eigenvalue weighted by Crippen LogP contribution is -2.35. The smallest absolute Gasteiger partial charge is 0.159 e. The number of hydrogen-bond donors (Lipinski definition) is 1. The topological polar surface area (TPSA) is 98.6 Å². The van der Waals surface area contributed by atoms with Gasteiger partial charge in [-0.05, 0) is 49.4 Å². The highest BCUT2D eigenvalue weighted by molar-refractivity contribution is 7.90. The van der Waals surface area contributed by atoms with Crippen LogP contribution in [0, 0.1) is 5.92 Å². The summed E-state index contributed by atoms with van der Waals surface area (Å²) in [7, 11) is -2.97. The summed E-state index contributed by atoms with van der Waals surface area (Å²) >= 11 is 0. The second-order valence-electron chi connectivity index (χ2n) is 6.83. The number of sulfone groups is 1. The molecule has 146 valence electrons. The second kappa shape index (κ2) is 8.67. The van der Waals surface area contributed by atoms with Crippen LogP contribution in [-0.4, -0.2) is 54.8 Å². The van der Waals surface area contributed by atoms with Crippen molar-refractivity contribution in [1.29, 1.82) is 0 Å². The van der Waals surface area contributed by atoms with Crippen molar-refractivity contribution >= 4 is 9.84 Å². The number of aromatic nitrogens is 2. The van der Waals surface area contributed by atoms with E-state index in [-0.39, 0.29) is 23.5 Å². The molecule has 1 N–H and O–H groups in total. The zero-order valence-corrected chi connectivity index (χ0v) is 16.1. The SMILES string of the molecule is CS(=O)(=O)CCC1CCCO[C@@H]1COc1ccc(-c2ncc(O)cn2)cc1. The van der Waals surface area contributed by atoms with Crippen molar-refractivity contribution < 1.29 is 23.0 Å². The largest absolute Gasteiger partial charge is 0.505 e. The van der Waals surface area contributed by atoms with Gasteiger partial charge < -0.3 is 14.6 Å². The highest BCUT2D eigenvalue weighted by Gasteiger charge is 2.27. The van der Waals surface area contributed by atoms with E-state index in [1.165, 1.54) is 18.6 Å². The van der Waals surface area contributed by atoms with Crippen molar-refractivity contribution in [3.8, 4) is 22.9 Å². The quantitative estimate of drug-likeness (QED) is 0.773. The van der Waals surface area contributed by atoms with Gasteiger partial charge in [0.15, 0.2) is 11.6 Å². The zero-order valence-electron chi connectivity index (χ0n) is 15.2. The minimum absolute atomic E-state index is 0.0246. The molecule has 1 aromatic carbocycles. The maximum absolute atomic E-state index is 11.4. The Balaban J connectivity index is 1.57. The van der Waals surface area contributed by atoms with Crippen molar-refractivity contribution in [3.05, 3.63) is 36.7 Å². The van der Waals surface area contributed by atoms with Gasteiger partial charge in [-0.25, -0.2) is 18.4 Å². The van der Waals surface area contributed by atoms with Crippen molar-refractivity contribution in [1.82, 2.24) is 9.97 Å². The van der Waals surface area contributed by atoms with Crippen LogP contribution in [0.3, 0.4) is 0 Å². The molecule has 27 heavy (non-hydrogen) atoms. The Hall–Kier alpha value is -2.19. The molecule has 0 bridgehead atoms. The minimum Gasteiger partial charge on any atom is -0.505 e. The predicted octanol–water partition coefficient (Wildman–Crippen LogP) is 2.46. The zero-order chi connectivity index (χ0) is 19.3. The van der Waals surface area contributed by atoms with Crippen LogP contribution in [0.2, 0.25) is 0 Å². The molecule has 0 radical (unpaired) electrons. The van der Waals surface area contributed by atoms with Crippen molar-refractivity contribution in [2.24, 2.45) is 5.92 Å². The maximum atomic E-state index is 11.4. The van der Waals surface area contributed by atoms with Crippen LogP contribution in [0.4, 0.5) is 0 Å². The van der Waals surface area contributed by atoms with Gasteiger partial charge in [0.1, 0.15) is 22.2 Å². The molecule has 3 rings (SSSR count). The maximum Gasteiger partial charge on any atom is 0.159 e. The summed E-state index contributed by atoms with van der Waals surface area (Å²) in [5, 5.41) is 9.26. The molecule has 2 aromatic rings. The molecule has 0 amide bonds. The van der Waals surface area contributed by atoms with Gasteiger partial charge >= 0.3 is 0 Å². The van der Waals surface area contributed by atoms with Crippen molar-refractivity contribution in [3.63, 3.8) is 0 Å². The first-order valence-corrected chi connectivity index (χ1v) is 11.0. The second-order valence-corrected chi connectivity index (χ2v) is 9.09. The molecule has 0 aliphatic carbocycles. The molecule has 1 aliphatic rings. The molecule has 1 fully saturated rings. The number of benzene rings is 1. The van der Waals surface area contributed by atoms with E-state index in [9.17, 15) is 13.5 Å². The molecule has 1 saturated heterocycles. The summed E-state index contributed by atoms with van der Waals surface area (Å²) in [6.07, 6.45) is 6.38. The summed E-state index contributed by atoms with van der Waals surface area (Å²) in [5.41, 5.74) is 0.822. The van der Waals surface area contributed by atoms with Gasteiger partial charge in [0.05, 0.1) is 24.3 Å². The molecule has 0 spiro atoms. The summed E-state index contributed by atoms with van der Waals surface area (Å²) in [5.74, 6) is 1.62. The first-order chi connectivity index (χ1) is 12.9. The third-order valence-electron chi connectivity index (χ3n) is 4.60. The summed E-state index contributed by atoms with van der Waals surface area (Å²) in [6.45, 7) is 1.07. The van der Waals surface area contributed by atoms with Crippen molar-refractivity contribution in [2.75, 3.05) is 25.2 Å². The predicted molar refractivity (Wildman–Crippen MR) is 101 cm³/mol. The molecule has 1 unspecified atom stereocenters. The van der Waals surface area contributed by atoms with Gasteiger partial charge in [0.2, 0.25) is 0 Å². The number of ether oxygens (including phenoxy) is 2. The van der Waals surface area contributed by atoms with E-state index in [4.69, 9.17) is 9.47 Å². The van der Waals surface area contributed by atoms with E-state index in [0.717, 1.165) is 18.4 Å². The minimum atomic E-state index is -2.97. The number of hydrogen-bond acceptors (Lipinski definition) is 7. The van der Waals surface area contributed by atoms with E-state index >= 15 is 0 Å². The molecular weight excluding hydrogens is 368 g/mol. The molecule has 1 aromatic heterocycles. The van der Waals surface area contributed by atoms with Crippen LogP contribution in [0.5, 0.6) is 11.5 Å². The normalized spacial score (nSPS) is 20.3. The van der Waals surface area contributed by atoms with Crippen LogP contribution in [0.15, 0.2) is 36.7 Å². The highest BCUT2D eigenvalue weighted by atomic mass is 32.2. The molecular formula is C19H24N2O5S. The summed E-state index contributed by atoms with van der Waals surface area (Å²) < 4.78 is 34.5. The molecule has 2 atom stereocenters. The monoisotopic (exact) mass is 392 g/mol. The lowest BCUT2D eigenvalue weighted by atomic mass is 9.92. The van der Waals surface area contributed by atoms with Crippen LogP contribution in [-0.2, 0) is 14.6 Å². The average Bonchev–Trinajstić information content (AvgIpc) is 2.66. The third-order valence-corrected chi connectivity index (χ3v) is 5.58. The first-order valence-electron chi connectivity index (χ1n) is 8.94. The third kappa shape index (κ3) is 5.90. The highest BCUT2D eigenvalue weighted by Crippen LogP contribution is 2.26. The molecule has 0 saturated carbocycles. The van der Waals surface area contributed by atoms with E-state index < -0.39 is 9.84 Å². The van der Waals surface area contributed by atoms with Gasteiger partial charge in [0, 0.05) is 18.4 Å². The summed E-state index contributed by atoms with van der Waals surface area (Å²) in [6, 6.07) is 7.37. The fourth-order valence-corrected chi connectivity index (χ4v) is 3.86. The molecule has 2 heterocycles. The van der Waals surface area contributed by atoms with E-state index in [0.29, 0.717) is 31.2 Å². The Morgan fingerprint density at radius 1 is 1.22 bits per heavy atom. The lowest BCUT2D eigenvalue weighted by Gasteiger charge is -2.31. The Morgan fingerprint density at radius 2 is 1.93 bits per heavy atom. The van der Waals surface area contributed by atoms with Crippen LogP contribution >= 0.6 is 0 Å². The molecule has 7 nitrogen and oxygen atoms in total. The number of rotatable bonds is 7. The molecule has 1 aliphatic heterocycles. The fraction of sp³-hybridized carbons (Fsp3) is 0.474. The van der Waals surface area contributed by atoms with Gasteiger partial charge in [-0.15, -0.1) is 0 Å². The van der Waals surface area contributed by atoms with Crippen LogP contribution in [0.1, 0.15) is 19.3 Å². The molecule has 8 heteroatoms. The van der Waals surface area contributed by atoms with E-state index in [1.807, 2.05) is 24.3 Å². The van der Waals surface area contributed by atoms with Crippen LogP contribution < -0.4 is 4.74 Å². The number of aromatic hydroxyl groups is 1. The fourth-order valence-electron chi connectivity index (χ4n) is 3.13. The van der Waals surface area contributed by atoms with Crippen LogP contribution in [0.25, 0.3) is 11.4 Å². The Morgan fingerprint density at radius 3 is 2.59 bits per heavy atom. The first kappa shape index (κ1) is 19.6. The Kier molecular flexibility index (Phi) is 6.28. The van der Waals surface area contributed by atoms with E-state index in [2.05, 4.69) is 9.97 Å². The average molecular weight is 392 g/mol. The number of nitrogens with zero attached hydrogens (tertiary/aromatic N) is 2. The van der Waals surface area contributed by atoms with Gasteiger partial charge in [-0.1, -0.05) is 0 Å². The van der Waals surface area contributed by atoms with Gasteiger partial charge in [-0.3, -0.25) is 0 Å². The van der Waals surface area contributed by atoms with Gasteiger partial charge in [0.25, 0.3) is 0 Å². The van der Waals surface area contributed by atoms with E-state index in [1.54, 1.807) is 0 Å². The van der Waals surface area contributed by atoms with Crippen molar-refractivity contribution in [2.45, 2.75) is 25.4 Å².